The molecule has 4 N–H and O–H groups in total. The summed E-state index contributed by atoms with van der Waals surface area (Å²) in [6.45, 7) is 10.4. The molecular formula is C35H49N7O5S. The van der Waals surface area contributed by atoms with Gasteiger partial charge in [0.05, 0.1) is 19.3 Å². The average Bonchev–Trinajstić information content (AvgIpc) is 3.73. The third-order valence-electron chi connectivity index (χ3n) is 9.86. The largest absolute Gasteiger partial charge is 0.494 e. The molecule has 0 radical (unpaired) electrons. The van der Waals surface area contributed by atoms with E-state index >= 15 is 0 Å². The van der Waals surface area contributed by atoms with Crippen LogP contribution in [0, 0.1) is 0 Å². The highest BCUT2D eigenvalue weighted by atomic mass is 32.2. The Kier molecular flexibility index (Phi) is 10.7. The summed E-state index contributed by atoms with van der Waals surface area (Å²) in [5, 5.41) is 15.2. The molecule has 0 saturated heterocycles. The molecule has 3 aliphatic rings. The van der Waals surface area contributed by atoms with Gasteiger partial charge in [-0.2, -0.15) is 0 Å². The fourth-order valence-corrected chi connectivity index (χ4v) is 7.58. The van der Waals surface area contributed by atoms with E-state index in [9.17, 15) is 13.6 Å². The number of anilines is 2. The van der Waals surface area contributed by atoms with Crippen LogP contribution in [-0.2, 0) is 49.2 Å². The quantitative estimate of drug-likeness (QED) is 0.184. The van der Waals surface area contributed by atoms with Crippen molar-refractivity contribution in [1.29, 1.82) is 0 Å². The summed E-state index contributed by atoms with van der Waals surface area (Å²) in [5.74, 6) is 4.13. The standard InChI is InChI=1S/C35H49N7O5S/c1-35(2,3)25-19-24(21-36-48(44)45)32(46-4)29(20-25)38-34(43)37-28-13-14-30(27-12-8-11-26(27)28)47-18-17-41-15-16-42-31(22-41)39-40-33(42)23-9-6-5-7-10-23/h13-14,19-20,23,36H,5-12,15-18,21-22H2,1-4H3,(H,44,45)(H2,37,38,43). The van der Waals surface area contributed by atoms with Gasteiger partial charge in [-0.1, -0.05) is 46.1 Å². The molecule has 2 amide bonds. The van der Waals surface area contributed by atoms with Crippen LogP contribution in [-0.4, -0.2) is 61.3 Å². The zero-order chi connectivity index (χ0) is 33.8. The molecule has 260 valence electrons. The molecule has 1 unspecified atom stereocenters. The maximum absolute atomic E-state index is 13.4. The van der Waals surface area contributed by atoms with Gasteiger partial charge in [-0.3, -0.25) is 9.45 Å². The van der Waals surface area contributed by atoms with Crippen LogP contribution in [0.1, 0.15) is 99.1 Å². The fraction of sp³-hybridized carbons (Fsp3) is 0.571. The van der Waals surface area contributed by atoms with Gasteiger partial charge in [-0.15, -0.1) is 10.2 Å². The second-order valence-electron chi connectivity index (χ2n) is 14.1. The van der Waals surface area contributed by atoms with E-state index in [-0.39, 0.29) is 12.0 Å². The van der Waals surface area contributed by atoms with Gasteiger partial charge in [0.25, 0.3) is 0 Å². The van der Waals surface area contributed by atoms with E-state index in [1.807, 2.05) is 24.3 Å². The van der Waals surface area contributed by atoms with Crippen molar-refractivity contribution < 1.29 is 23.0 Å². The Balaban J connectivity index is 1.08. The molecule has 1 saturated carbocycles. The highest BCUT2D eigenvalue weighted by Crippen LogP contribution is 2.38. The van der Waals surface area contributed by atoms with Crippen molar-refractivity contribution in [3.63, 3.8) is 0 Å². The first-order valence-corrected chi connectivity index (χ1v) is 18.3. The number of benzene rings is 2. The molecule has 0 bridgehead atoms. The number of nitrogens with one attached hydrogen (secondary N) is 3. The number of amides is 2. The normalized spacial score (nSPS) is 17.4. The van der Waals surface area contributed by atoms with Crippen LogP contribution in [0.25, 0.3) is 0 Å². The molecule has 12 nitrogen and oxygen atoms in total. The molecular weight excluding hydrogens is 630 g/mol. The Bertz CT molecular complexity index is 1650. The average molecular weight is 680 g/mol. The van der Waals surface area contributed by atoms with Crippen molar-refractivity contribution in [3.05, 3.63) is 58.2 Å². The lowest BCUT2D eigenvalue weighted by Gasteiger charge is -2.29. The number of hydrogen-bond donors (Lipinski definition) is 4. The predicted octanol–water partition coefficient (Wildman–Crippen LogP) is 5.89. The zero-order valence-electron chi connectivity index (χ0n) is 28.6. The Morgan fingerprint density at radius 2 is 1.79 bits per heavy atom. The summed E-state index contributed by atoms with van der Waals surface area (Å²) >= 11 is -2.19. The first-order valence-electron chi connectivity index (χ1n) is 17.2. The second kappa shape index (κ2) is 14.9. The number of carbonyl (C=O) groups is 1. The minimum Gasteiger partial charge on any atom is -0.494 e. The Morgan fingerprint density at radius 1 is 1.02 bits per heavy atom. The molecule has 13 heteroatoms. The topological polar surface area (TPSA) is 143 Å². The zero-order valence-corrected chi connectivity index (χ0v) is 29.4. The van der Waals surface area contributed by atoms with Gasteiger partial charge in [0.1, 0.15) is 29.8 Å². The van der Waals surface area contributed by atoms with Crippen molar-refractivity contribution in [3.8, 4) is 11.5 Å². The SMILES string of the molecule is COc1c(CNS(=O)O)cc(C(C)(C)C)cc1NC(=O)Nc1ccc(OCCN2CCn3c(nnc3C3CCCCC3)C2)c2c1CCC2. The molecule has 48 heavy (non-hydrogen) atoms. The first kappa shape index (κ1) is 34.3. The molecule has 1 aliphatic heterocycles. The highest BCUT2D eigenvalue weighted by molar-refractivity contribution is 7.77. The molecule has 1 atom stereocenters. The second-order valence-corrected chi connectivity index (χ2v) is 14.9. The third-order valence-corrected chi connectivity index (χ3v) is 10.2. The molecule has 2 aromatic carbocycles. The van der Waals surface area contributed by atoms with Gasteiger partial charge in [0.2, 0.25) is 11.3 Å². The van der Waals surface area contributed by atoms with Crippen LogP contribution in [0.4, 0.5) is 16.2 Å². The predicted molar refractivity (Wildman–Crippen MR) is 187 cm³/mol. The van der Waals surface area contributed by atoms with Crippen LogP contribution in [0.5, 0.6) is 11.5 Å². The lowest BCUT2D eigenvalue weighted by atomic mass is 9.85. The van der Waals surface area contributed by atoms with Crippen LogP contribution in [0.2, 0.25) is 0 Å². The van der Waals surface area contributed by atoms with Crippen molar-refractivity contribution in [2.24, 2.45) is 0 Å². The number of rotatable bonds is 11. The van der Waals surface area contributed by atoms with Crippen LogP contribution < -0.4 is 24.8 Å². The summed E-state index contributed by atoms with van der Waals surface area (Å²) in [7, 11) is 1.52. The van der Waals surface area contributed by atoms with Crippen LogP contribution in [0.15, 0.2) is 24.3 Å². The summed E-state index contributed by atoms with van der Waals surface area (Å²) in [6, 6.07) is 7.31. The van der Waals surface area contributed by atoms with Crippen molar-refractivity contribution in [2.75, 3.05) is 37.4 Å². The molecule has 2 heterocycles. The summed E-state index contributed by atoms with van der Waals surface area (Å²) < 4.78 is 37.5. The van der Waals surface area contributed by atoms with Gasteiger partial charge < -0.3 is 24.7 Å². The summed E-state index contributed by atoms with van der Waals surface area (Å²) in [5.41, 5.74) is 4.91. The number of ether oxygens (including phenoxy) is 2. The maximum atomic E-state index is 13.4. The lowest BCUT2D eigenvalue weighted by molar-refractivity contribution is 0.172. The van der Waals surface area contributed by atoms with E-state index in [0.717, 1.165) is 79.4 Å². The van der Waals surface area contributed by atoms with Crippen LogP contribution >= 0.6 is 0 Å². The molecule has 6 rings (SSSR count). The lowest BCUT2D eigenvalue weighted by Crippen LogP contribution is -2.37. The molecule has 2 aliphatic carbocycles. The van der Waals surface area contributed by atoms with Crippen molar-refractivity contribution in [2.45, 2.75) is 103 Å². The number of fused-ring (bicyclic) bond motifs is 2. The summed E-state index contributed by atoms with van der Waals surface area (Å²) in [4.78, 5) is 15.8. The third kappa shape index (κ3) is 7.85. The van der Waals surface area contributed by atoms with Crippen molar-refractivity contribution in [1.82, 2.24) is 24.4 Å². The minimum atomic E-state index is -2.19. The fourth-order valence-electron chi connectivity index (χ4n) is 7.30. The number of carbonyl (C=O) groups excluding carboxylic acids is 1. The molecule has 0 spiro atoms. The van der Waals surface area contributed by atoms with Crippen molar-refractivity contribution >= 4 is 28.7 Å². The smallest absolute Gasteiger partial charge is 0.323 e. The van der Waals surface area contributed by atoms with E-state index in [0.29, 0.717) is 29.5 Å². The first-order chi connectivity index (χ1) is 23.1. The number of nitrogens with zero attached hydrogens (tertiary/aromatic N) is 4. The number of aromatic nitrogens is 3. The van der Waals surface area contributed by atoms with Gasteiger partial charge in [-0.25, -0.2) is 13.7 Å². The summed E-state index contributed by atoms with van der Waals surface area (Å²) in [6.07, 6.45) is 9.16. The van der Waals surface area contributed by atoms with E-state index in [1.165, 1.54) is 45.0 Å². The van der Waals surface area contributed by atoms with E-state index in [1.54, 1.807) is 0 Å². The van der Waals surface area contributed by atoms with Gasteiger partial charge in [-0.05, 0) is 72.4 Å². The number of urea groups is 1. The van der Waals surface area contributed by atoms with Gasteiger partial charge >= 0.3 is 6.03 Å². The maximum Gasteiger partial charge on any atom is 0.323 e. The van der Waals surface area contributed by atoms with Crippen LogP contribution in [0.3, 0.4) is 0 Å². The Labute approximate surface area is 285 Å². The highest BCUT2D eigenvalue weighted by Gasteiger charge is 2.27. The van der Waals surface area contributed by atoms with Gasteiger partial charge in [0, 0.05) is 43.3 Å². The molecule has 1 aromatic heterocycles. The number of methoxy groups -OCH3 is 1. The molecule has 3 aromatic rings. The van der Waals surface area contributed by atoms with E-state index in [2.05, 4.69) is 55.8 Å². The Hall–Kier alpha value is -3.52. The molecule has 1 fully saturated rings. The van der Waals surface area contributed by atoms with E-state index < -0.39 is 17.3 Å². The monoisotopic (exact) mass is 679 g/mol. The van der Waals surface area contributed by atoms with Gasteiger partial charge in [0.15, 0.2) is 0 Å². The van der Waals surface area contributed by atoms with E-state index in [4.69, 9.17) is 9.47 Å². The minimum absolute atomic E-state index is 0.0994. The Morgan fingerprint density at radius 3 is 2.54 bits per heavy atom. The number of hydrogen-bond acceptors (Lipinski definition) is 7.